The Morgan fingerprint density at radius 3 is 2.68 bits per heavy atom. The van der Waals surface area contributed by atoms with Crippen LogP contribution in [0.4, 0.5) is 5.82 Å². The Hall–Kier alpha value is -2.68. The maximum Gasteiger partial charge on any atom is 0.236 e. The maximum absolute atomic E-state index is 12.6. The van der Waals surface area contributed by atoms with Crippen LogP contribution in [-0.4, -0.2) is 41.6 Å². The Bertz CT molecular complexity index is 970. The Kier molecular flexibility index (Phi) is 4.92. The molecule has 3 aromatic rings. The number of thioether (sulfide) groups is 1. The van der Waals surface area contributed by atoms with E-state index in [4.69, 9.17) is 5.10 Å². The van der Waals surface area contributed by atoms with Gasteiger partial charge < -0.3 is 5.32 Å². The summed E-state index contributed by atoms with van der Waals surface area (Å²) in [6, 6.07) is 12.1. The topological polar surface area (TPSA) is 90.5 Å². The van der Waals surface area contributed by atoms with Crippen LogP contribution in [0, 0.1) is 0 Å². The molecule has 0 unspecified atom stereocenters. The van der Waals surface area contributed by atoms with E-state index in [1.54, 1.807) is 4.68 Å². The second kappa shape index (κ2) is 7.38. The molecule has 1 aliphatic rings. The lowest BCUT2D eigenvalue weighted by atomic mass is 9.92. The summed E-state index contributed by atoms with van der Waals surface area (Å²) in [5.41, 5.74) is 1.69. The lowest BCUT2D eigenvalue weighted by Gasteiger charge is -2.14. The van der Waals surface area contributed by atoms with Crippen molar-refractivity contribution in [2.45, 2.75) is 50.2 Å². The smallest absolute Gasteiger partial charge is 0.236 e. The summed E-state index contributed by atoms with van der Waals surface area (Å²) in [7, 11) is 0. The standard InChI is InChI=1S/C19H23N7OS/c1-19(2,3)15-11-16(25(22-15)13-7-5-4-6-8-13)20-17(27)12-28-18-21-23-24-26(18)14-9-10-14/h4-8,11,14H,9-10,12H2,1-3H3,(H,20,27). The minimum Gasteiger partial charge on any atom is -0.310 e. The Balaban J connectivity index is 1.50. The minimum absolute atomic E-state index is 0.118. The Morgan fingerprint density at radius 2 is 2.00 bits per heavy atom. The first kappa shape index (κ1) is 18.7. The summed E-state index contributed by atoms with van der Waals surface area (Å²) in [6.07, 6.45) is 2.19. The van der Waals surface area contributed by atoms with Gasteiger partial charge >= 0.3 is 0 Å². The molecule has 4 rings (SSSR count). The van der Waals surface area contributed by atoms with Crippen molar-refractivity contribution < 1.29 is 4.79 Å². The van der Waals surface area contributed by atoms with Crippen molar-refractivity contribution >= 4 is 23.5 Å². The van der Waals surface area contributed by atoms with Crippen LogP contribution in [-0.2, 0) is 10.2 Å². The molecule has 0 saturated heterocycles. The number of tetrazole rings is 1. The molecule has 1 fully saturated rings. The number of carbonyl (C=O) groups excluding carboxylic acids is 1. The number of hydrogen-bond donors (Lipinski definition) is 1. The molecule has 9 heteroatoms. The minimum atomic E-state index is -0.124. The predicted molar refractivity (Wildman–Crippen MR) is 108 cm³/mol. The molecule has 146 valence electrons. The average Bonchev–Trinajstić information content (AvgIpc) is 3.24. The van der Waals surface area contributed by atoms with E-state index in [-0.39, 0.29) is 17.1 Å². The summed E-state index contributed by atoms with van der Waals surface area (Å²) in [4.78, 5) is 12.6. The van der Waals surface area contributed by atoms with Gasteiger partial charge in [0.05, 0.1) is 23.2 Å². The molecule has 2 aromatic heterocycles. The first-order valence-corrected chi connectivity index (χ1v) is 10.3. The summed E-state index contributed by atoms with van der Waals surface area (Å²) >= 11 is 1.35. The SMILES string of the molecule is CC(C)(C)c1cc(NC(=O)CSc2nnnn2C2CC2)n(-c2ccccc2)n1. The number of hydrogen-bond acceptors (Lipinski definition) is 6. The molecule has 0 bridgehead atoms. The van der Waals surface area contributed by atoms with Crippen molar-refractivity contribution in [1.29, 1.82) is 0 Å². The predicted octanol–water partition coefficient (Wildman–Crippen LogP) is 3.22. The van der Waals surface area contributed by atoms with Gasteiger partial charge in [0.25, 0.3) is 0 Å². The number of amides is 1. The Morgan fingerprint density at radius 1 is 1.25 bits per heavy atom. The molecule has 0 radical (unpaired) electrons. The van der Waals surface area contributed by atoms with E-state index in [0.717, 1.165) is 24.2 Å². The van der Waals surface area contributed by atoms with Crippen LogP contribution >= 0.6 is 11.8 Å². The number of nitrogens with one attached hydrogen (secondary N) is 1. The maximum atomic E-state index is 12.6. The van der Waals surface area contributed by atoms with Crippen LogP contribution in [0.5, 0.6) is 0 Å². The molecule has 2 heterocycles. The zero-order chi connectivity index (χ0) is 19.7. The van der Waals surface area contributed by atoms with Crippen molar-refractivity contribution in [2.24, 2.45) is 0 Å². The highest BCUT2D eigenvalue weighted by Gasteiger charge is 2.28. The van der Waals surface area contributed by atoms with Crippen LogP contribution < -0.4 is 5.32 Å². The lowest BCUT2D eigenvalue weighted by Crippen LogP contribution is -2.17. The summed E-state index contributed by atoms with van der Waals surface area (Å²) in [5.74, 6) is 0.772. The largest absolute Gasteiger partial charge is 0.310 e. The fourth-order valence-corrected chi connectivity index (χ4v) is 3.48. The van der Waals surface area contributed by atoms with E-state index in [9.17, 15) is 4.79 Å². The van der Waals surface area contributed by atoms with E-state index in [2.05, 4.69) is 41.6 Å². The average molecular weight is 398 g/mol. The molecule has 1 N–H and O–H groups in total. The number of nitrogens with zero attached hydrogens (tertiary/aromatic N) is 6. The van der Waals surface area contributed by atoms with Crippen LogP contribution in [0.2, 0.25) is 0 Å². The van der Waals surface area contributed by atoms with E-state index >= 15 is 0 Å². The second-order valence-electron chi connectivity index (χ2n) is 7.89. The zero-order valence-corrected chi connectivity index (χ0v) is 17.0. The fraction of sp³-hybridized carbons (Fsp3) is 0.421. The van der Waals surface area contributed by atoms with Gasteiger partial charge in [-0.15, -0.1) is 5.10 Å². The highest BCUT2D eigenvalue weighted by atomic mass is 32.2. The van der Waals surface area contributed by atoms with E-state index in [0.29, 0.717) is 17.0 Å². The van der Waals surface area contributed by atoms with Crippen LogP contribution in [0.3, 0.4) is 0 Å². The summed E-state index contributed by atoms with van der Waals surface area (Å²) in [5, 5.41) is 20.2. The number of carbonyl (C=O) groups is 1. The monoisotopic (exact) mass is 397 g/mol. The highest BCUT2D eigenvalue weighted by Crippen LogP contribution is 2.36. The van der Waals surface area contributed by atoms with Crippen molar-refractivity contribution in [3.8, 4) is 5.69 Å². The number of aromatic nitrogens is 6. The second-order valence-corrected chi connectivity index (χ2v) is 8.83. The van der Waals surface area contributed by atoms with E-state index in [1.165, 1.54) is 11.8 Å². The first-order valence-electron chi connectivity index (χ1n) is 9.28. The summed E-state index contributed by atoms with van der Waals surface area (Å²) in [6.45, 7) is 6.30. The molecule has 1 amide bonds. The van der Waals surface area contributed by atoms with Gasteiger partial charge in [0.15, 0.2) is 0 Å². The molecule has 1 aliphatic carbocycles. The number of benzene rings is 1. The van der Waals surface area contributed by atoms with Crippen molar-refractivity contribution in [1.82, 2.24) is 30.0 Å². The number of para-hydroxylation sites is 1. The molecule has 0 atom stereocenters. The lowest BCUT2D eigenvalue weighted by molar-refractivity contribution is -0.113. The third-order valence-electron chi connectivity index (χ3n) is 4.43. The summed E-state index contributed by atoms with van der Waals surface area (Å²) < 4.78 is 3.58. The molecular formula is C19H23N7OS. The van der Waals surface area contributed by atoms with Gasteiger partial charge in [-0.25, -0.2) is 9.36 Å². The van der Waals surface area contributed by atoms with Gasteiger partial charge in [0.1, 0.15) is 5.82 Å². The zero-order valence-electron chi connectivity index (χ0n) is 16.2. The van der Waals surface area contributed by atoms with Gasteiger partial charge in [0.2, 0.25) is 11.1 Å². The van der Waals surface area contributed by atoms with E-state index in [1.807, 2.05) is 41.1 Å². The molecule has 1 aromatic carbocycles. The van der Waals surface area contributed by atoms with Crippen molar-refractivity contribution in [3.05, 3.63) is 42.1 Å². The third kappa shape index (κ3) is 4.09. The molecule has 28 heavy (non-hydrogen) atoms. The third-order valence-corrected chi connectivity index (χ3v) is 5.37. The van der Waals surface area contributed by atoms with Gasteiger partial charge in [-0.1, -0.05) is 50.7 Å². The number of anilines is 1. The van der Waals surface area contributed by atoms with Gasteiger partial charge in [-0.05, 0) is 35.4 Å². The normalized spacial score (nSPS) is 14.2. The molecule has 8 nitrogen and oxygen atoms in total. The van der Waals surface area contributed by atoms with Gasteiger partial charge in [0, 0.05) is 11.5 Å². The fourth-order valence-electron chi connectivity index (χ4n) is 2.74. The quantitative estimate of drug-likeness (QED) is 0.642. The molecular weight excluding hydrogens is 374 g/mol. The number of rotatable bonds is 6. The molecule has 0 aliphatic heterocycles. The van der Waals surface area contributed by atoms with Crippen LogP contribution in [0.1, 0.15) is 45.3 Å². The van der Waals surface area contributed by atoms with Crippen LogP contribution in [0.15, 0.2) is 41.6 Å². The van der Waals surface area contributed by atoms with Gasteiger partial charge in [-0.2, -0.15) is 5.10 Å². The van der Waals surface area contributed by atoms with Crippen LogP contribution in [0.25, 0.3) is 5.69 Å². The molecule has 0 spiro atoms. The molecule has 1 saturated carbocycles. The first-order chi connectivity index (χ1) is 13.4. The van der Waals surface area contributed by atoms with E-state index < -0.39 is 0 Å². The highest BCUT2D eigenvalue weighted by molar-refractivity contribution is 7.99. The Labute approximate surface area is 167 Å². The van der Waals surface area contributed by atoms with Crippen molar-refractivity contribution in [3.63, 3.8) is 0 Å². The van der Waals surface area contributed by atoms with Crippen molar-refractivity contribution in [2.75, 3.05) is 11.1 Å². The van der Waals surface area contributed by atoms with Gasteiger partial charge in [-0.3, -0.25) is 4.79 Å².